The van der Waals surface area contributed by atoms with E-state index in [1.165, 1.54) is 96.7 Å². The molecule has 0 rings (SSSR count). The molecule has 0 atom stereocenters. The van der Waals surface area contributed by atoms with E-state index in [0.717, 1.165) is 19.6 Å². The van der Waals surface area contributed by atoms with Crippen molar-refractivity contribution in [2.24, 2.45) is 17.2 Å². The third-order valence-corrected chi connectivity index (χ3v) is 4.29. The highest BCUT2D eigenvalue weighted by Gasteiger charge is 2.04. The molecule has 0 heterocycles. The maximum Gasteiger partial charge on any atom is -0.00187 e. The number of hydrogen-bond donors (Lipinski definition) is 3. The van der Waals surface area contributed by atoms with E-state index < -0.39 is 0 Å². The second kappa shape index (κ2) is 18.9. The van der Waals surface area contributed by atoms with Crippen LogP contribution in [0.1, 0.15) is 77.0 Å². The third-order valence-electron chi connectivity index (χ3n) is 4.29. The Morgan fingerprint density at radius 3 is 0.909 bits per heavy atom. The molecule has 22 heavy (non-hydrogen) atoms. The van der Waals surface area contributed by atoms with Gasteiger partial charge in [-0.05, 0) is 77.8 Å². The Kier molecular flexibility index (Phi) is 18.8. The van der Waals surface area contributed by atoms with Gasteiger partial charge in [0, 0.05) is 0 Å². The molecule has 0 unspecified atom stereocenters. The van der Waals surface area contributed by atoms with E-state index in [1.807, 2.05) is 0 Å². The standard InChI is InChI=1S/C18H42N4/c19-13-7-1-4-10-16-22(17-11-5-2-8-14-20)18-12-6-3-9-15-21/h1-21H2. The van der Waals surface area contributed by atoms with Gasteiger partial charge in [-0.25, -0.2) is 0 Å². The average Bonchev–Trinajstić information content (AvgIpc) is 2.53. The van der Waals surface area contributed by atoms with Crippen molar-refractivity contribution in [3.05, 3.63) is 0 Å². The van der Waals surface area contributed by atoms with Crippen LogP contribution in [0.15, 0.2) is 0 Å². The molecule has 0 spiro atoms. The summed E-state index contributed by atoms with van der Waals surface area (Å²) in [6.45, 7) is 6.30. The van der Waals surface area contributed by atoms with Crippen molar-refractivity contribution in [3.63, 3.8) is 0 Å². The van der Waals surface area contributed by atoms with Crippen molar-refractivity contribution in [2.75, 3.05) is 39.3 Å². The van der Waals surface area contributed by atoms with E-state index >= 15 is 0 Å². The molecule has 0 aliphatic carbocycles. The van der Waals surface area contributed by atoms with Crippen LogP contribution in [-0.4, -0.2) is 44.2 Å². The highest BCUT2D eigenvalue weighted by atomic mass is 15.1. The SMILES string of the molecule is NCCCCCCN(CCCCCCN)CCCCCCN. The second-order valence-electron chi connectivity index (χ2n) is 6.45. The minimum Gasteiger partial charge on any atom is -0.330 e. The molecule has 6 N–H and O–H groups in total. The van der Waals surface area contributed by atoms with Crippen LogP contribution in [0.4, 0.5) is 0 Å². The van der Waals surface area contributed by atoms with Gasteiger partial charge in [-0.15, -0.1) is 0 Å². The quantitative estimate of drug-likeness (QED) is 0.340. The lowest BCUT2D eigenvalue weighted by Gasteiger charge is -2.22. The average molecular weight is 315 g/mol. The van der Waals surface area contributed by atoms with Gasteiger partial charge in [0.2, 0.25) is 0 Å². The summed E-state index contributed by atoms with van der Waals surface area (Å²) in [4.78, 5) is 2.67. The summed E-state index contributed by atoms with van der Waals surface area (Å²) in [5.74, 6) is 0. The first kappa shape index (κ1) is 21.8. The summed E-state index contributed by atoms with van der Waals surface area (Å²) in [6, 6.07) is 0. The molecule has 0 fully saturated rings. The number of unbranched alkanes of at least 4 members (excludes halogenated alkanes) is 9. The lowest BCUT2D eigenvalue weighted by molar-refractivity contribution is 0.254. The first-order valence-corrected chi connectivity index (χ1v) is 9.67. The molecule has 4 nitrogen and oxygen atoms in total. The van der Waals surface area contributed by atoms with E-state index in [2.05, 4.69) is 4.90 Å². The van der Waals surface area contributed by atoms with Gasteiger partial charge < -0.3 is 22.1 Å². The van der Waals surface area contributed by atoms with E-state index in [-0.39, 0.29) is 0 Å². The lowest BCUT2D eigenvalue weighted by Crippen LogP contribution is -2.27. The lowest BCUT2D eigenvalue weighted by atomic mass is 10.1. The predicted molar refractivity (Wildman–Crippen MR) is 99.0 cm³/mol. The zero-order valence-electron chi connectivity index (χ0n) is 14.9. The Morgan fingerprint density at radius 1 is 0.364 bits per heavy atom. The van der Waals surface area contributed by atoms with Crippen molar-refractivity contribution in [1.29, 1.82) is 0 Å². The van der Waals surface area contributed by atoms with Crippen molar-refractivity contribution >= 4 is 0 Å². The van der Waals surface area contributed by atoms with Crippen LogP contribution >= 0.6 is 0 Å². The Labute approximate surface area is 139 Å². The van der Waals surface area contributed by atoms with Gasteiger partial charge in [0.25, 0.3) is 0 Å². The highest BCUT2D eigenvalue weighted by molar-refractivity contribution is 4.60. The summed E-state index contributed by atoms with van der Waals surface area (Å²) in [5.41, 5.74) is 16.7. The molecular formula is C18H42N4. The molecule has 0 aliphatic rings. The van der Waals surface area contributed by atoms with Gasteiger partial charge in [-0.1, -0.05) is 38.5 Å². The van der Waals surface area contributed by atoms with Crippen molar-refractivity contribution in [3.8, 4) is 0 Å². The topological polar surface area (TPSA) is 81.3 Å². The molecule has 0 bridgehead atoms. The van der Waals surface area contributed by atoms with Crippen LogP contribution in [0.5, 0.6) is 0 Å². The number of hydrogen-bond acceptors (Lipinski definition) is 4. The normalized spacial score (nSPS) is 11.5. The highest BCUT2D eigenvalue weighted by Crippen LogP contribution is 2.08. The molecule has 0 saturated heterocycles. The molecule has 0 amide bonds. The zero-order valence-corrected chi connectivity index (χ0v) is 14.9. The van der Waals surface area contributed by atoms with Gasteiger partial charge in [0.1, 0.15) is 0 Å². The van der Waals surface area contributed by atoms with Gasteiger partial charge in [0.15, 0.2) is 0 Å². The number of nitrogens with zero attached hydrogens (tertiary/aromatic N) is 1. The number of rotatable bonds is 18. The predicted octanol–water partition coefficient (Wildman–Crippen LogP) is 2.85. The summed E-state index contributed by atoms with van der Waals surface area (Å²) in [7, 11) is 0. The largest absolute Gasteiger partial charge is 0.330 e. The van der Waals surface area contributed by atoms with Gasteiger partial charge in [-0.2, -0.15) is 0 Å². The van der Waals surface area contributed by atoms with Crippen LogP contribution in [0.2, 0.25) is 0 Å². The van der Waals surface area contributed by atoms with Crippen LogP contribution in [-0.2, 0) is 0 Å². The zero-order chi connectivity index (χ0) is 16.3. The van der Waals surface area contributed by atoms with Gasteiger partial charge in [0.05, 0.1) is 0 Å². The summed E-state index contributed by atoms with van der Waals surface area (Å²) >= 11 is 0. The fourth-order valence-corrected chi connectivity index (χ4v) is 2.84. The van der Waals surface area contributed by atoms with Crippen molar-refractivity contribution < 1.29 is 0 Å². The van der Waals surface area contributed by atoms with Crippen LogP contribution in [0.3, 0.4) is 0 Å². The monoisotopic (exact) mass is 314 g/mol. The van der Waals surface area contributed by atoms with Crippen LogP contribution in [0.25, 0.3) is 0 Å². The molecule has 134 valence electrons. The minimum atomic E-state index is 0.839. The smallest absolute Gasteiger partial charge is 0.00187 e. The third kappa shape index (κ3) is 16.2. The first-order valence-electron chi connectivity index (χ1n) is 9.67. The summed E-state index contributed by atoms with van der Waals surface area (Å²) < 4.78 is 0. The Hall–Kier alpha value is -0.160. The fraction of sp³-hybridized carbons (Fsp3) is 1.00. The fourth-order valence-electron chi connectivity index (χ4n) is 2.84. The Balaban J connectivity index is 3.72. The molecule has 0 aromatic rings. The van der Waals surface area contributed by atoms with Gasteiger partial charge >= 0.3 is 0 Å². The van der Waals surface area contributed by atoms with Crippen molar-refractivity contribution in [2.45, 2.75) is 77.0 Å². The minimum absolute atomic E-state index is 0.839. The molecular weight excluding hydrogens is 272 g/mol. The van der Waals surface area contributed by atoms with E-state index in [0.29, 0.717) is 0 Å². The van der Waals surface area contributed by atoms with E-state index in [1.54, 1.807) is 0 Å². The maximum atomic E-state index is 5.55. The van der Waals surface area contributed by atoms with Crippen LogP contribution in [0, 0.1) is 0 Å². The van der Waals surface area contributed by atoms with Crippen molar-refractivity contribution in [1.82, 2.24) is 4.90 Å². The molecule has 0 radical (unpaired) electrons. The van der Waals surface area contributed by atoms with Crippen LogP contribution < -0.4 is 17.2 Å². The molecule has 0 saturated carbocycles. The number of nitrogens with two attached hydrogens (primary N) is 3. The summed E-state index contributed by atoms with van der Waals surface area (Å²) in [5, 5.41) is 0. The van der Waals surface area contributed by atoms with E-state index in [4.69, 9.17) is 17.2 Å². The molecule has 0 aromatic carbocycles. The van der Waals surface area contributed by atoms with E-state index in [9.17, 15) is 0 Å². The van der Waals surface area contributed by atoms with Gasteiger partial charge in [-0.3, -0.25) is 0 Å². The molecule has 0 aliphatic heterocycles. The molecule has 0 aromatic heterocycles. The Morgan fingerprint density at radius 2 is 0.636 bits per heavy atom. The molecule has 4 heteroatoms. The summed E-state index contributed by atoms with van der Waals surface area (Å²) in [6.07, 6.45) is 15.4. The first-order chi connectivity index (χ1) is 10.8. The maximum absolute atomic E-state index is 5.55. The second-order valence-corrected chi connectivity index (χ2v) is 6.45. The Bertz CT molecular complexity index is 166.